The van der Waals surface area contributed by atoms with Gasteiger partial charge in [0.05, 0.1) is 23.7 Å². The third-order valence-electron chi connectivity index (χ3n) is 4.63. The van der Waals surface area contributed by atoms with E-state index in [4.69, 9.17) is 10.5 Å². The summed E-state index contributed by atoms with van der Waals surface area (Å²) in [5.41, 5.74) is 9.59. The van der Waals surface area contributed by atoms with Crippen LogP contribution in [0.4, 0.5) is 5.82 Å². The number of ether oxygens (including phenoxy) is 1. The van der Waals surface area contributed by atoms with Crippen LogP contribution in [-0.4, -0.2) is 46.0 Å². The van der Waals surface area contributed by atoms with Crippen LogP contribution < -0.4 is 5.73 Å². The summed E-state index contributed by atoms with van der Waals surface area (Å²) in [5, 5.41) is 0.998. The van der Waals surface area contributed by atoms with Crippen molar-refractivity contribution in [2.24, 2.45) is 0 Å². The summed E-state index contributed by atoms with van der Waals surface area (Å²) in [6.07, 6.45) is 3.33. The van der Waals surface area contributed by atoms with Gasteiger partial charge in [-0.15, -0.1) is 0 Å². The minimum Gasteiger partial charge on any atom is -0.382 e. The number of aromatic nitrogens is 3. The number of carbonyl (C=O) groups excluding carboxylic acids is 1. The van der Waals surface area contributed by atoms with Crippen molar-refractivity contribution in [3.8, 4) is 0 Å². The standard InChI is InChI=1S/C19H21N5O2/c1-11-9-26-10-15-22-17-18(24(11)15)13-6-4-12(5-7-16(25)23(2)3)8-14(13)21-19(17)20/h4-8,11H,9-10H2,1-3H3,(H2,20,21)/b7-5+/t11-/m0/s1. The maximum absolute atomic E-state index is 11.8. The van der Waals surface area contributed by atoms with Gasteiger partial charge < -0.3 is 19.9 Å². The Labute approximate surface area is 151 Å². The number of hydrogen-bond acceptors (Lipinski definition) is 5. The number of imidazole rings is 1. The van der Waals surface area contributed by atoms with Gasteiger partial charge in [0.25, 0.3) is 0 Å². The maximum atomic E-state index is 11.8. The highest BCUT2D eigenvalue weighted by Gasteiger charge is 2.24. The molecule has 1 aromatic carbocycles. The molecule has 0 saturated carbocycles. The van der Waals surface area contributed by atoms with Crippen LogP contribution in [0.15, 0.2) is 24.3 Å². The highest BCUT2D eigenvalue weighted by Crippen LogP contribution is 2.33. The lowest BCUT2D eigenvalue weighted by Gasteiger charge is -2.23. The van der Waals surface area contributed by atoms with Crippen molar-refractivity contribution in [1.82, 2.24) is 19.4 Å². The van der Waals surface area contributed by atoms with Gasteiger partial charge in [-0.25, -0.2) is 9.97 Å². The molecule has 0 radical (unpaired) electrons. The van der Waals surface area contributed by atoms with Crippen LogP contribution in [-0.2, 0) is 16.1 Å². The van der Waals surface area contributed by atoms with Gasteiger partial charge >= 0.3 is 0 Å². The number of nitrogen functional groups attached to an aromatic ring is 1. The third-order valence-corrected chi connectivity index (χ3v) is 4.63. The predicted molar refractivity (Wildman–Crippen MR) is 102 cm³/mol. The van der Waals surface area contributed by atoms with E-state index in [0.717, 1.165) is 33.3 Å². The number of anilines is 1. The smallest absolute Gasteiger partial charge is 0.246 e. The van der Waals surface area contributed by atoms with E-state index < -0.39 is 0 Å². The Balaban J connectivity index is 1.89. The molecule has 1 aliphatic rings. The fourth-order valence-electron chi connectivity index (χ4n) is 3.33. The molecule has 26 heavy (non-hydrogen) atoms. The van der Waals surface area contributed by atoms with E-state index in [2.05, 4.69) is 21.5 Å². The number of likely N-dealkylation sites (N-methyl/N-ethyl adjacent to an activating group) is 1. The summed E-state index contributed by atoms with van der Waals surface area (Å²) in [6, 6.07) is 6.12. The number of fused-ring (bicyclic) bond motifs is 5. The second kappa shape index (κ2) is 6.10. The topological polar surface area (TPSA) is 86.3 Å². The predicted octanol–water partition coefficient (Wildman–Crippen LogP) is 2.36. The van der Waals surface area contributed by atoms with E-state index in [-0.39, 0.29) is 11.9 Å². The average molecular weight is 351 g/mol. The molecule has 0 bridgehead atoms. The molecule has 1 atom stereocenters. The fraction of sp³-hybridized carbons (Fsp3) is 0.316. The number of carbonyl (C=O) groups is 1. The Hall–Kier alpha value is -2.93. The van der Waals surface area contributed by atoms with Crippen LogP contribution in [0.1, 0.15) is 24.4 Å². The molecule has 1 amide bonds. The fourth-order valence-corrected chi connectivity index (χ4v) is 3.33. The second-order valence-electron chi connectivity index (χ2n) is 6.80. The molecule has 0 aliphatic carbocycles. The molecule has 0 unspecified atom stereocenters. The highest BCUT2D eigenvalue weighted by molar-refractivity contribution is 6.07. The van der Waals surface area contributed by atoms with Crippen molar-refractivity contribution in [1.29, 1.82) is 0 Å². The van der Waals surface area contributed by atoms with E-state index in [0.29, 0.717) is 19.0 Å². The van der Waals surface area contributed by atoms with E-state index in [1.165, 1.54) is 4.90 Å². The van der Waals surface area contributed by atoms with Crippen molar-refractivity contribution in [2.45, 2.75) is 19.6 Å². The highest BCUT2D eigenvalue weighted by atomic mass is 16.5. The molecule has 2 N–H and O–H groups in total. The van der Waals surface area contributed by atoms with E-state index in [9.17, 15) is 4.79 Å². The molecular formula is C19H21N5O2. The molecule has 0 spiro atoms. The van der Waals surface area contributed by atoms with E-state index in [1.54, 1.807) is 26.2 Å². The average Bonchev–Trinajstić information content (AvgIpc) is 3.01. The summed E-state index contributed by atoms with van der Waals surface area (Å²) in [4.78, 5) is 22.4. The van der Waals surface area contributed by atoms with Crippen LogP contribution in [0.25, 0.3) is 28.0 Å². The number of nitrogens with two attached hydrogens (primary N) is 1. The van der Waals surface area contributed by atoms with Crippen molar-refractivity contribution < 1.29 is 9.53 Å². The first-order valence-electron chi connectivity index (χ1n) is 8.53. The van der Waals surface area contributed by atoms with Gasteiger partial charge in [0, 0.05) is 25.6 Å². The van der Waals surface area contributed by atoms with Crippen LogP contribution in [0.5, 0.6) is 0 Å². The minimum absolute atomic E-state index is 0.0632. The van der Waals surface area contributed by atoms with Crippen LogP contribution in [0.3, 0.4) is 0 Å². The van der Waals surface area contributed by atoms with Crippen LogP contribution in [0.2, 0.25) is 0 Å². The van der Waals surface area contributed by atoms with Gasteiger partial charge in [-0.3, -0.25) is 4.79 Å². The first-order chi connectivity index (χ1) is 12.5. The van der Waals surface area contributed by atoms with Gasteiger partial charge in [0.15, 0.2) is 5.82 Å². The molecule has 7 heteroatoms. The summed E-state index contributed by atoms with van der Waals surface area (Å²) >= 11 is 0. The van der Waals surface area contributed by atoms with Crippen molar-refractivity contribution in [2.75, 3.05) is 26.4 Å². The second-order valence-corrected chi connectivity index (χ2v) is 6.80. The number of amides is 1. The SMILES string of the molecule is C[C@H]1COCc2nc3c(N)nc4cc(/C=C/C(=O)N(C)C)ccc4c3n21. The van der Waals surface area contributed by atoms with Crippen molar-refractivity contribution in [3.05, 3.63) is 35.7 Å². The molecule has 3 heterocycles. The molecular weight excluding hydrogens is 330 g/mol. The Kier molecular flexibility index (Phi) is 3.88. The van der Waals surface area contributed by atoms with Gasteiger partial charge in [0.1, 0.15) is 17.9 Å². The minimum atomic E-state index is -0.0632. The molecule has 4 rings (SSSR count). The van der Waals surface area contributed by atoms with Gasteiger partial charge in [-0.2, -0.15) is 0 Å². The van der Waals surface area contributed by atoms with Crippen molar-refractivity contribution in [3.63, 3.8) is 0 Å². The first kappa shape index (κ1) is 16.5. The lowest BCUT2D eigenvalue weighted by atomic mass is 10.1. The van der Waals surface area contributed by atoms with E-state index in [1.807, 2.05) is 18.2 Å². The summed E-state index contributed by atoms with van der Waals surface area (Å²) in [6.45, 7) is 3.24. The zero-order valence-corrected chi connectivity index (χ0v) is 15.1. The lowest BCUT2D eigenvalue weighted by Crippen LogP contribution is -2.21. The molecule has 1 aliphatic heterocycles. The van der Waals surface area contributed by atoms with Crippen LogP contribution >= 0.6 is 0 Å². The number of benzene rings is 1. The normalized spacial score (nSPS) is 17.1. The van der Waals surface area contributed by atoms with E-state index >= 15 is 0 Å². The lowest BCUT2D eigenvalue weighted by molar-refractivity contribution is -0.123. The largest absolute Gasteiger partial charge is 0.382 e. The molecule has 0 fully saturated rings. The molecule has 2 aromatic heterocycles. The van der Waals surface area contributed by atoms with Crippen molar-refractivity contribution >= 4 is 39.7 Å². The Morgan fingerprint density at radius 1 is 1.38 bits per heavy atom. The summed E-state index contributed by atoms with van der Waals surface area (Å²) < 4.78 is 7.79. The number of pyridine rings is 1. The Morgan fingerprint density at radius 3 is 2.96 bits per heavy atom. The molecule has 7 nitrogen and oxygen atoms in total. The molecule has 134 valence electrons. The summed E-state index contributed by atoms with van der Waals surface area (Å²) in [7, 11) is 3.44. The third kappa shape index (κ3) is 2.61. The molecule has 3 aromatic rings. The first-order valence-corrected chi connectivity index (χ1v) is 8.53. The Bertz CT molecular complexity index is 1050. The van der Waals surface area contributed by atoms with Crippen LogP contribution in [0, 0.1) is 0 Å². The Morgan fingerprint density at radius 2 is 2.19 bits per heavy atom. The van der Waals surface area contributed by atoms with Gasteiger partial charge in [-0.1, -0.05) is 12.1 Å². The molecule has 0 saturated heterocycles. The number of hydrogen-bond donors (Lipinski definition) is 1. The number of rotatable bonds is 2. The van der Waals surface area contributed by atoms with Gasteiger partial charge in [0.2, 0.25) is 5.91 Å². The monoisotopic (exact) mass is 351 g/mol. The van der Waals surface area contributed by atoms with Gasteiger partial charge in [-0.05, 0) is 24.6 Å². The quantitative estimate of drug-likeness (QED) is 0.716. The zero-order valence-electron chi connectivity index (χ0n) is 15.1. The maximum Gasteiger partial charge on any atom is 0.246 e. The summed E-state index contributed by atoms with van der Waals surface area (Å²) in [5.74, 6) is 1.22. The number of nitrogens with zero attached hydrogens (tertiary/aromatic N) is 4. The zero-order chi connectivity index (χ0) is 18.4.